The molecule has 0 saturated heterocycles. The fourth-order valence-corrected chi connectivity index (χ4v) is 4.56. The van der Waals surface area contributed by atoms with Crippen molar-refractivity contribution in [2.75, 3.05) is 23.7 Å². The molecule has 0 unspecified atom stereocenters. The van der Waals surface area contributed by atoms with E-state index in [1.54, 1.807) is 6.92 Å². The van der Waals surface area contributed by atoms with Gasteiger partial charge in [0.1, 0.15) is 12.6 Å². The van der Waals surface area contributed by atoms with Gasteiger partial charge in [-0.25, -0.2) is 8.42 Å². The fraction of sp³-hybridized carbons (Fsp3) is 0.391. The summed E-state index contributed by atoms with van der Waals surface area (Å²) in [5.74, 6) is -0.836. The van der Waals surface area contributed by atoms with Crippen LogP contribution in [0.3, 0.4) is 0 Å². The Labute approximate surface area is 219 Å². The monoisotopic (exact) mass is 591 g/mol. The lowest BCUT2D eigenvalue weighted by molar-refractivity contribution is -0.139. The first-order chi connectivity index (χ1) is 15.9. The van der Waals surface area contributed by atoms with Gasteiger partial charge >= 0.3 is 0 Å². The maximum atomic E-state index is 13.4. The third-order valence-corrected chi connectivity index (χ3v) is 7.54. The van der Waals surface area contributed by atoms with Crippen molar-refractivity contribution in [3.63, 3.8) is 0 Å². The molecular formula is C23H28BrCl2N3O4S. The number of hydrogen-bond acceptors (Lipinski definition) is 4. The van der Waals surface area contributed by atoms with Crippen molar-refractivity contribution in [2.45, 2.75) is 39.3 Å². The Hall–Kier alpha value is -1.81. The van der Waals surface area contributed by atoms with E-state index in [0.29, 0.717) is 6.54 Å². The van der Waals surface area contributed by atoms with E-state index in [2.05, 4.69) is 21.2 Å². The molecule has 186 valence electrons. The summed E-state index contributed by atoms with van der Waals surface area (Å²) in [5, 5.41) is 3.26. The number of unbranched alkanes of at least 4 members (excludes halogenated alkanes) is 1. The normalized spacial score (nSPS) is 12.2. The molecule has 2 aromatic carbocycles. The average molecular weight is 593 g/mol. The number of hydrogen-bond donors (Lipinski definition) is 1. The molecule has 0 radical (unpaired) electrons. The van der Waals surface area contributed by atoms with E-state index in [4.69, 9.17) is 23.2 Å². The molecular weight excluding hydrogens is 565 g/mol. The molecule has 2 rings (SSSR count). The molecule has 0 spiro atoms. The molecule has 0 bridgehead atoms. The van der Waals surface area contributed by atoms with E-state index in [1.165, 1.54) is 23.1 Å². The minimum absolute atomic E-state index is 0.132. The Kier molecular flexibility index (Phi) is 10.7. The highest BCUT2D eigenvalue weighted by Gasteiger charge is 2.30. The Bertz CT molecular complexity index is 1110. The minimum atomic E-state index is -3.84. The van der Waals surface area contributed by atoms with E-state index in [-0.39, 0.29) is 28.2 Å². The molecule has 0 heterocycles. The third-order valence-electron chi connectivity index (χ3n) is 5.13. The molecule has 7 nitrogen and oxygen atoms in total. The standard InChI is InChI=1S/C23H28BrCl2N3O4S/c1-4-5-12-27-23(31)16(2)28(14-17-6-8-18(24)9-7-17)22(30)15-29(34(3,32)33)19-10-11-20(25)21(26)13-19/h6-11,13,16H,4-5,12,14-15H2,1-3H3,(H,27,31)/t16-/m1/s1. The van der Waals surface area contributed by atoms with Crippen molar-refractivity contribution < 1.29 is 18.0 Å². The lowest BCUT2D eigenvalue weighted by Gasteiger charge is -2.31. The van der Waals surface area contributed by atoms with E-state index >= 15 is 0 Å². The number of sulfonamides is 1. The maximum absolute atomic E-state index is 13.4. The average Bonchev–Trinajstić information content (AvgIpc) is 2.77. The van der Waals surface area contributed by atoms with Crippen LogP contribution in [0, 0.1) is 0 Å². The smallest absolute Gasteiger partial charge is 0.244 e. The van der Waals surface area contributed by atoms with Crippen molar-refractivity contribution in [2.24, 2.45) is 0 Å². The van der Waals surface area contributed by atoms with Crippen molar-refractivity contribution in [1.29, 1.82) is 0 Å². The van der Waals surface area contributed by atoms with E-state index in [1.807, 2.05) is 31.2 Å². The van der Waals surface area contributed by atoms with Gasteiger partial charge in [-0.1, -0.05) is 64.6 Å². The van der Waals surface area contributed by atoms with Crippen LogP contribution in [0.5, 0.6) is 0 Å². The van der Waals surface area contributed by atoms with Gasteiger partial charge in [0.25, 0.3) is 0 Å². The van der Waals surface area contributed by atoms with Gasteiger partial charge in [0.15, 0.2) is 0 Å². The van der Waals surface area contributed by atoms with Crippen LogP contribution < -0.4 is 9.62 Å². The van der Waals surface area contributed by atoms with E-state index < -0.39 is 28.5 Å². The molecule has 0 aliphatic carbocycles. The van der Waals surface area contributed by atoms with Crippen LogP contribution >= 0.6 is 39.1 Å². The second kappa shape index (κ2) is 12.8. The summed E-state index contributed by atoms with van der Waals surface area (Å²) in [6.07, 6.45) is 2.74. The number of carbonyl (C=O) groups is 2. The number of benzene rings is 2. The molecule has 2 aromatic rings. The van der Waals surface area contributed by atoms with Crippen LogP contribution in [0.1, 0.15) is 32.3 Å². The summed E-state index contributed by atoms with van der Waals surface area (Å²) < 4.78 is 26.9. The predicted octanol–water partition coefficient (Wildman–Crippen LogP) is 4.86. The zero-order chi connectivity index (χ0) is 25.5. The van der Waals surface area contributed by atoms with Crippen LogP contribution in [0.4, 0.5) is 5.69 Å². The minimum Gasteiger partial charge on any atom is -0.354 e. The zero-order valence-electron chi connectivity index (χ0n) is 19.2. The number of carbonyl (C=O) groups excluding carboxylic acids is 2. The topological polar surface area (TPSA) is 86.8 Å². The van der Waals surface area contributed by atoms with Crippen molar-refractivity contribution >= 4 is 66.7 Å². The summed E-state index contributed by atoms with van der Waals surface area (Å²) in [6.45, 7) is 3.77. The van der Waals surface area contributed by atoms with E-state index in [0.717, 1.165) is 33.4 Å². The number of nitrogens with zero attached hydrogens (tertiary/aromatic N) is 2. The number of rotatable bonds is 11. The summed E-state index contributed by atoms with van der Waals surface area (Å²) in [7, 11) is -3.84. The van der Waals surface area contributed by atoms with Crippen molar-refractivity contribution in [3.05, 3.63) is 62.5 Å². The Morgan fingerprint density at radius 2 is 1.74 bits per heavy atom. The highest BCUT2D eigenvalue weighted by Crippen LogP contribution is 2.28. The molecule has 2 amide bonds. The SMILES string of the molecule is CCCCNC(=O)[C@@H](C)N(Cc1ccc(Br)cc1)C(=O)CN(c1ccc(Cl)c(Cl)c1)S(C)(=O)=O. The van der Waals surface area contributed by atoms with Gasteiger partial charge in [0.05, 0.1) is 22.0 Å². The molecule has 0 fully saturated rings. The molecule has 1 N–H and O–H groups in total. The highest BCUT2D eigenvalue weighted by molar-refractivity contribution is 9.10. The summed E-state index contributed by atoms with van der Waals surface area (Å²) in [4.78, 5) is 27.6. The summed E-state index contributed by atoms with van der Waals surface area (Å²) in [6, 6.07) is 10.8. The van der Waals surface area contributed by atoms with Gasteiger partial charge in [-0.15, -0.1) is 0 Å². The number of anilines is 1. The second-order valence-corrected chi connectivity index (χ2v) is 11.5. The van der Waals surface area contributed by atoms with Crippen molar-refractivity contribution in [1.82, 2.24) is 10.2 Å². The van der Waals surface area contributed by atoms with E-state index in [9.17, 15) is 18.0 Å². The third kappa shape index (κ3) is 8.15. The highest BCUT2D eigenvalue weighted by atomic mass is 79.9. The van der Waals surface area contributed by atoms with Gasteiger partial charge in [-0.2, -0.15) is 0 Å². The second-order valence-electron chi connectivity index (χ2n) is 7.84. The molecule has 11 heteroatoms. The van der Waals surface area contributed by atoms with Crippen LogP contribution in [-0.4, -0.2) is 50.5 Å². The number of halogens is 3. The largest absolute Gasteiger partial charge is 0.354 e. The van der Waals surface area contributed by atoms with Crippen LogP contribution in [0.15, 0.2) is 46.9 Å². The fourth-order valence-electron chi connectivity index (χ4n) is 3.16. The quantitative estimate of drug-likeness (QED) is 0.378. The number of nitrogens with one attached hydrogen (secondary N) is 1. The van der Waals surface area contributed by atoms with Gasteiger partial charge in [0, 0.05) is 17.6 Å². The predicted molar refractivity (Wildman–Crippen MR) is 141 cm³/mol. The van der Waals surface area contributed by atoms with Crippen molar-refractivity contribution in [3.8, 4) is 0 Å². The first kappa shape index (κ1) is 28.4. The first-order valence-electron chi connectivity index (χ1n) is 10.7. The first-order valence-corrected chi connectivity index (χ1v) is 14.1. The molecule has 0 saturated carbocycles. The van der Waals surface area contributed by atoms with Crippen LogP contribution in [0.25, 0.3) is 0 Å². The summed E-state index contributed by atoms with van der Waals surface area (Å²) in [5.41, 5.74) is 0.999. The molecule has 0 aliphatic heterocycles. The maximum Gasteiger partial charge on any atom is 0.244 e. The van der Waals surface area contributed by atoms with Gasteiger partial charge in [-0.05, 0) is 49.2 Å². The zero-order valence-corrected chi connectivity index (χ0v) is 23.1. The van der Waals surface area contributed by atoms with Crippen LogP contribution in [0.2, 0.25) is 10.0 Å². The van der Waals surface area contributed by atoms with Gasteiger partial charge in [-0.3, -0.25) is 13.9 Å². The van der Waals surface area contributed by atoms with Gasteiger partial charge < -0.3 is 10.2 Å². The Morgan fingerprint density at radius 3 is 2.29 bits per heavy atom. The Morgan fingerprint density at radius 1 is 1.09 bits per heavy atom. The lowest BCUT2D eigenvalue weighted by atomic mass is 10.1. The molecule has 0 aliphatic rings. The van der Waals surface area contributed by atoms with Crippen LogP contribution in [-0.2, 0) is 26.2 Å². The molecule has 34 heavy (non-hydrogen) atoms. The molecule has 1 atom stereocenters. The lowest BCUT2D eigenvalue weighted by Crippen LogP contribution is -2.51. The number of amides is 2. The Balaban J connectivity index is 2.35. The molecule has 0 aromatic heterocycles. The van der Waals surface area contributed by atoms with Gasteiger partial charge in [0.2, 0.25) is 21.8 Å². The summed E-state index contributed by atoms with van der Waals surface area (Å²) >= 11 is 15.4.